The maximum atomic E-state index is 11.3. The first-order valence-electron chi connectivity index (χ1n) is 13.9. The van der Waals surface area contributed by atoms with Crippen LogP contribution in [-0.4, -0.2) is 16.4 Å². The summed E-state index contributed by atoms with van der Waals surface area (Å²) in [6.45, 7) is 3.02. The lowest BCUT2D eigenvalue weighted by atomic mass is 10.0. The van der Waals surface area contributed by atoms with E-state index in [4.69, 9.17) is 4.74 Å². The molecule has 2 rings (SSSR count). The molecule has 0 aliphatic heterocycles. The van der Waals surface area contributed by atoms with Gasteiger partial charge in [0.15, 0.2) is 0 Å². The van der Waals surface area contributed by atoms with E-state index in [1.54, 1.807) is 12.1 Å². The molecule has 0 aliphatic rings. The Balaban J connectivity index is 1.44. The van der Waals surface area contributed by atoms with Crippen LogP contribution >= 0.6 is 7.60 Å². The molecular formula is C30H47O4P. The molecule has 0 amide bonds. The lowest BCUT2D eigenvalue weighted by molar-refractivity contribution is 0.304. The summed E-state index contributed by atoms with van der Waals surface area (Å²) in [5.41, 5.74) is 1.92. The lowest BCUT2D eigenvalue weighted by Gasteiger charge is -2.09. The van der Waals surface area contributed by atoms with Gasteiger partial charge in [-0.25, -0.2) is 0 Å². The van der Waals surface area contributed by atoms with Crippen molar-refractivity contribution in [3.05, 3.63) is 48.5 Å². The SMILES string of the molecule is CCCCCCCCCCCCCCCCCCOc1ccc(-c2ccc(P(=O)(O)O)cc2)cc1. The van der Waals surface area contributed by atoms with Crippen LogP contribution in [0.15, 0.2) is 48.5 Å². The molecular weight excluding hydrogens is 455 g/mol. The Morgan fingerprint density at radius 2 is 0.943 bits per heavy atom. The Labute approximate surface area is 213 Å². The second-order valence-electron chi connectivity index (χ2n) is 9.77. The minimum Gasteiger partial charge on any atom is -0.494 e. The van der Waals surface area contributed by atoms with Crippen molar-refractivity contribution in [3.63, 3.8) is 0 Å². The highest BCUT2D eigenvalue weighted by atomic mass is 31.2. The minimum atomic E-state index is -4.19. The lowest BCUT2D eigenvalue weighted by Crippen LogP contribution is -2.02. The first-order chi connectivity index (χ1) is 17.0. The molecule has 0 aliphatic carbocycles. The topological polar surface area (TPSA) is 66.8 Å². The summed E-state index contributed by atoms with van der Waals surface area (Å²) in [5, 5.41) is 0.0417. The molecule has 196 valence electrons. The van der Waals surface area contributed by atoms with Gasteiger partial charge in [-0.1, -0.05) is 128 Å². The molecule has 0 heterocycles. The molecule has 5 heteroatoms. The quantitative estimate of drug-likeness (QED) is 0.140. The fourth-order valence-corrected chi connectivity index (χ4v) is 4.97. The van der Waals surface area contributed by atoms with E-state index in [9.17, 15) is 14.4 Å². The molecule has 2 aromatic rings. The number of unbranched alkanes of at least 4 members (excludes halogenated alkanes) is 15. The Morgan fingerprint density at radius 1 is 0.571 bits per heavy atom. The molecule has 4 nitrogen and oxygen atoms in total. The van der Waals surface area contributed by atoms with Crippen molar-refractivity contribution in [1.82, 2.24) is 0 Å². The van der Waals surface area contributed by atoms with Gasteiger partial charge in [0.2, 0.25) is 0 Å². The molecule has 35 heavy (non-hydrogen) atoms. The Hall–Kier alpha value is -1.61. The fraction of sp³-hybridized carbons (Fsp3) is 0.600. The number of hydrogen-bond acceptors (Lipinski definition) is 2. The van der Waals surface area contributed by atoms with Crippen LogP contribution in [0.1, 0.15) is 110 Å². The van der Waals surface area contributed by atoms with Gasteiger partial charge in [-0.3, -0.25) is 4.57 Å². The maximum Gasteiger partial charge on any atom is 0.356 e. The summed E-state index contributed by atoms with van der Waals surface area (Å²) < 4.78 is 17.2. The third-order valence-corrected chi connectivity index (χ3v) is 7.63. The number of ether oxygens (including phenoxy) is 1. The number of hydrogen-bond donors (Lipinski definition) is 2. The van der Waals surface area contributed by atoms with Gasteiger partial charge in [-0.2, -0.15) is 0 Å². The van der Waals surface area contributed by atoms with E-state index in [2.05, 4.69) is 6.92 Å². The molecule has 0 radical (unpaired) electrons. The van der Waals surface area contributed by atoms with Gasteiger partial charge in [0, 0.05) is 0 Å². The smallest absolute Gasteiger partial charge is 0.356 e. The predicted molar refractivity (Wildman–Crippen MR) is 149 cm³/mol. The van der Waals surface area contributed by atoms with Crippen molar-refractivity contribution < 1.29 is 19.1 Å². The third-order valence-electron chi connectivity index (χ3n) is 6.66. The fourth-order valence-electron chi connectivity index (χ4n) is 4.43. The van der Waals surface area contributed by atoms with Gasteiger partial charge in [0.25, 0.3) is 0 Å². The Morgan fingerprint density at radius 3 is 1.34 bits per heavy atom. The first kappa shape index (κ1) is 29.6. The first-order valence-corrected chi connectivity index (χ1v) is 15.5. The molecule has 0 fully saturated rings. The van der Waals surface area contributed by atoms with Gasteiger partial charge < -0.3 is 14.5 Å². The van der Waals surface area contributed by atoms with E-state index in [0.717, 1.165) is 29.9 Å². The molecule has 0 atom stereocenters. The normalized spacial score (nSPS) is 11.6. The summed E-state index contributed by atoms with van der Waals surface area (Å²) in [6, 6.07) is 14.3. The van der Waals surface area contributed by atoms with Crippen molar-refractivity contribution in [3.8, 4) is 16.9 Å². The summed E-state index contributed by atoms with van der Waals surface area (Å²) in [7, 11) is -4.19. The second kappa shape index (κ2) is 17.8. The van der Waals surface area contributed by atoms with Crippen molar-refractivity contribution in [1.29, 1.82) is 0 Å². The number of benzene rings is 2. The molecule has 0 aromatic heterocycles. The molecule has 0 bridgehead atoms. The van der Waals surface area contributed by atoms with E-state index < -0.39 is 7.60 Å². The average Bonchev–Trinajstić information content (AvgIpc) is 2.86. The van der Waals surface area contributed by atoms with E-state index in [1.165, 1.54) is 108 Å². The van der Waals surface area contributed by atoms with Crippen LogP contribution in [0.2, 0.25) is 0 Å². The highest BCUT2D eigenvalue weighted by Gasteiger charge is 2.16. The van der Waals surface area contributed by atoms with Crippen molar-refractivity contribution in [2.75, 3.05) is 6.61 Å². The zero-order chi connectivity index (χ0) is 25.2. The van der Waals surface area contributed by atoms with Crippen LogP contribution < -0.4 is 10.0 Å². The molecule has 0 unspecified atom stereocenters. The minimum absolute atomic E-state index is 0.0417. The second-order valence-corrected chi connectivity index (χ2v) is 11.4. The molecule has 0 saturated carbocycles. The largest absolute Gasteiger partial charge is 0.494 e. The molecule has 0 saturated heterocycles. The van der Waals surface area contributed by atoms with Gasteiger partial charge in [0.05, 0.1) is 11.9 Å². The predicted octanol–water partition coefficient (Wildman–Crippen LogP) is 8.80. The Kier molecular flexibility index (Phi) is 15.0. The summed E-state index contributed by atoms with van der Waals surface area (Å²) in [4.78, 5) is 18.4. The van der Waals surface area contributed by atoms with Crippen LogP contribution in [0.25, 0.3) is 11.1 Å². The summed E-state index contributed by atoms with van der Waals surface area (Å²) in [5.74, 6) is 0.863. The zero-order valence-corrected chi connectivity index (χ0v) is 22.7. The third kappa shape index (κ3) is 13.3. The van der Waals surface area contributed by atoms with Crippen LogP contribution in [0.5, 0.6) is 5.75 Å². The average molecular weight is 503 g/mol. The molecule has 2 N–H and O–H groups in total. The van der Waals surface area contributed by atoms with E-state index in [1.807, 2.05) is 24.3 Å². The monoisotopic (exact) mass is 502 g/mol. The van der Waals surface area contributed by atoms with Gasteiger partial charge >= 0.3 is 7.60 Å². The van der Waals surface area contributed by atoms with Crippen molar-refractivity contribution in [2.45, 2.75) is 110 Å². The van der Waals surface area contributed by atoms with E-state index >= 15 is 0 Å². The Bertz CT molecular complexity index is 826. The van der Waals surface area contributed by atoms with E-state index in [-0.39, 0.29) is 5.30 Å². The van der Waals surface area contributed by atoms with Crippen molar-refractivity contribution in [2.24, 2.45) is 0 Å². The van der Waals surface area contributed by atoms with Crippen LogP contribution in [0, 0.1) is 0 Å². The summed E-state index contributed by atoms with van der Waals surface area (Å²) >= 11 is 0. The highest BCUT2D eigenvalue weighted by Crippen LogP contribution is 2.33. The molecule has 2 aromatic carbocycles. The van der Waals surface area contributed by atoms with Crippen molar-refractivity contribution >= 4 is 12.9 Å². The van der Waals surface area contributed by atoms with Gasteiger partial charge in [-0.15, -0.1) is 0 Å². The summed E-state index contributed by atoms with van der Waals surface area (Å²) in [6.07, 6.45) is 21.9. The van der Waals surface area contributed by atoms with Crippen LogP contribution in [0.3, 0.4) is 0 Å². The van der Waals surface area contributed by atoms with E-state index in [0.29, 0.717) is 0 Å². The highest BCUT2D eigenvalue weighted by molar-refractivity contribution is 7.60. The standard InChI is InChI=1S/C30H47O4P/c1-2-3-4-5-6-7-8-9-10-11-12-13-14-15-16-17-26-34-29-22-18-27(19-23-29)28-20-24-30(25-21-28)35(31,32)33/h18-25H,2-17,26H2,1H3,(H2,31,32,33). The van der Waals surface area contributed by atoms with Gasteiger partial charge in [0.1, 0.15) is 5.75 Å². The van der Waals surface area contributed by atoms with Crippen LogP contribution in [-0.2, 0) is 4.57 Å². The van der Waals surface area contributed by atoms with Gasteiger partial charge in [-0.05, 0) is 41.8 Å². The zero-order valence-electron chi connectivity index (χ0n) is 21.8. The maximum absolute atomic E-state index is 11.3. The molecule has 0 spiro atoms. The van der Waals surface area contributed by atoms with Crippen LogP contribution in [0.4, 0.5) is 0 Å². The number of rotatable bonds is 20.